The number of thiocarbonyl (C=S) groups is 1. The summed E-state index contributed by atoms with van der Waals surface area (Å²) in [5, 5.41) is 6.54. The van der Waals surface area contributed by atoms with Crippen molar-refractivity contribution in [3.63, 3.8) is 0 Å². The van der Waals surface area contributed by atoms with Gasteiger partial charge in [-0.05, 0) is 61.1 Å². The molecule has 6 heteroatoms. The van der Waals surface area contributed by atoms with Crippen LogP contribution >= 0.6 is 12.2 Å². The zero-order chi connectivity index (χ0) is 18.4. The van der Waals surface area contributed by atoms with Gasteiger partial charge in [-0.15, -0.1) is 0 Å². The van der Waals surface area contributed by atoms with Gasteiger partial charge in [-0.3, -0.25) is 0 Å². The molecule has 1 heterocycles. The number of aryl methyl sites for hydroxylation is 1. The fourth-order valence-electron chi connectivity index (χ4n) is 2.30. The Morgan fingerprint density at radius 1 is 1.08 bits per heavy atom. The fraction of sp³-hybridized carbons (Fsp3) is 0.100. The number of pyridine rings is 1. The summed E-state index contributed by atoms with van der Waals surface area (Å²) in [4.78, 5) is 4.27. The van der Waals surface area contributed by atoms with E-state index in [2.05, 4.69) is 15.6 Å². The molecule has 0 saturated carbocycles. The zero-order valence-corrected chi connectivity index (χ0v) is 15.0. The van der Waals surface area contributed by atoms with E-state index in [1.807, 2.05) is 31.2 Å². The second-order valence-corrected chi connectivity index (χ2v) is 6.12. The first-order chi connectivity index (χ1) is 12.6. The standard InChI is InChI=1S/C20H18FN3OS/c1-14-7-9-17(10-8-14)23-20(26)24-19-18(6-3-11-22-19)25-13-15-4-2-5-16(21)12-15/h2-12H,13H2,1H3,(H2,22,23,24,26). The quantitative estimate of drug-likeness (QED) is 0.627. The lowest BCUT2D eigenvalue weighted by molar-refractivity contribution is 0.306. The van der Waals surface area contributed by atoms with Crippen molar-refractivity contribution < 1.29 is 9.13 Å². The van der Waals surface area contributed by atoms with Crippen LogP contribution in [0.3, 0.4) is 0 Å². The van der Waals surface area contributed by atoms with Gasteiger partial charge in [-0.1, -0.05) is 29.8 Å². The highest BCUT2D eigenvalue weighted by atomic mass is 32.1. The van der Waals surface area contributed by atoms with Gasteiger partial charge in [0.2, 0.25) is 0 Å². The zero-order valence-electron chi connectivity index (χ0n) is 14.2. The first-order valence-corrected chi connectivity index (χ1v) is 8.48. The minimum Gasteiger partial charge on any atom is -0.485 e. The SMILES string of the molecule is Cc1ccc(NC(=S)Nc2ncccc2OCc2cccc(F)c2)cc1. The number of benzene rings is 2. The molecule has 0 spiro atoms. The normalized spacial score (nSPS) is 10.2. The van der Waals surface area contributed by atoms with Crippen LogP contribution in [0.15, 0.2) is 66.9 Å². The Hall–Kier alpha value is -2.99. The van der Waals surface area contributed by atoms with Crippen molar-refractivity contribution in [3.05, 3.63) is 83.8 Å². The van der Waals surface area contributed by atoms with Gasteiger partial charge in [-0.2, -0.15) is 0 Å². The molecule has 3 rings (SSSR count). The molecule has 132 valence electrons. The Morgan fingerprint density at radius 2 is 1.88 bits per heavy atom. The van der Waals surface area contributed by atoms with Gasteiger partial charge in [0.1, 0.15) is 12.4 Å². The highest BCUT2D eigenvalue weighted by molar-refractivity contribution is 7.80. The Morgan fingerprint density at radius 3 is 2.65 bits per heavy atom. The van der Waals surface area contributed by atoms with E-state index < -0.39 is 0 Å². The summed E-state index contributed by atoms with van der Waals surface area (Å²) in [7, 11) is 0. The predicted octanol–water partition coefficient (Wildman–Crippen LogP) is 4.92. The van der Waals surface area contributed by atoms with E-state index in [1.165, 1.54) is 17.7 Å². The molecular weight excluding hydrogens is 349 g/mol. The third-order valence-corrected chi connectivity index (χ3v) is 3.80. The second kappa shape index (κ2) is 8.40. The molecule has 0 amide bonds. The average molecular weight is 367 g/mol. The summed E-state index contributed by atoms with van der Waals surface area (Å²) < 4.78 is 19.0. The molecular formula is C20H18FN3OS. The number of hydrogen-bond donors (Lipinski definition) is 2. The average Bonchev–Trinajstić information content (AvgIpc) is 2.63. The van der Waals surface area contributed by atoms with E-state index in [1.54, 1.807) is 30.5 Å². The van der Waals surface area contributed by atoms with Crippen LogP contribution in [0.25, 0.3) is 0 Å². The maximum Gasteiger partial charge on any atom is 0.176 e. The first kappa shape index (κ1) is 17.8. The summed E-state index contributed by atoms with van der Waals surface area (Å²) in [5.74, 6) is 0.734. The minimum absolute atomic E-state index is 0.232. The number of anilines is 2. The van der Waals surface area contributed by atoms with Crippen molar-refractivity contribution in [1.29, 1.82) is 0 Å². The van der Waals surface area contributed by atoms with Crippen LogP contribution in [-0.4, -0.2) is 10.1 Å². The third-order valence-electron chi connectivity index (χ3n) is 3.60. The number of halogens is 1. The van der Waals surface area contributed by atoms with Crippen molar-refractivity contribution in [2.75, 3.05) is 10.6 Å². The van der Waals surface area contributed by atoms with Gasteiger partial charge in [0.25, 0.3) is 0 Å². The van der Waals surface area contributed by atoms with E-state index in [4.69, 9.17) is 17.0 Å². The maximum atomic E-state index is 13.3. The molecule has 2 N–H and O–H groups in total. The summed E-state index contributed by atoms with van der Waals surface area (Å²) in [6, 6.07) is 17.7. The van der Waals surface area contributed by atoms with Crippen molar-refractivity contribution in [2.45, 2.75) is 13.5 Å². The largest absolute Gasteiger partial charge is 0.485 e. The summed E-state index contributed by atoms with van der Waals surface area (Å²) in [5.41, 5.74) is 2.79. The molecule has 0 bridgehead atoms. The van der Waals surface area contributed by atoms with Gasteiger partial charge in [0.05, 0.1) is 0 Å². The van der Waals surface area contributed by atoms with Crippen molar-refractivity contribution >= 4 is 28.8 Å². The molecule has 4 nitrogen and oxygen atoms in total. The van der Waals surface area contributed by atoms with Crippen LogP contribution in [0.5, 0.6) is 5.75 Å². The van der Waals surface area contributed by atoms with Crippen LogP contribution < -0.4 is 15.4 Å². The molecule has 0 aliphatic rings. The molecule has 0 atom stereocenters. The van der Waals surface area contributed by atoms with Gasteiger partial charge in [0.15, 0.2) is 16.7 Å². The molecule has 0 aliphatic heterocycles. The molecule has 0 unspecified atom stereocenters. The molecule has 0 fully saturated rings. The molecule has 0 radical (unpaired) electrons. The molecule has 1 aromatic heterocycles. The second-order valence-electron chi connectivity index (χ2n) is 5.71. The van der Waals surface area contributed by atoms with E-state index in [-0.39, 0.29) is 12.4 Å². The van der Waals surface area contributed by atoms with Crippen LogP contribution in [-0.2, 0) is 6.61 Å². The lowest BCUT2D eigenvalue weighted by atomic mass is 10.2. The topological polar surface area (TPSA) is 46.2 Å². The number of nitrogens with zero attached hydrogens (tertiary/aromatic N) is 1. The van der Waals surface area contributed by atoms with Crippen LogP contribution in [0, 0.1) is 12.7 Å². The highest BCUT2D eigenvalue weighted by Gasteiger charge is 2.08. The monoisotopic (exact) mass is 367 g/mol. The fourth-order valence-corrected chi connectivity index (χ4v) is 2.51. The summed E-state index contributed by atoms with van der Waals surface area (Å²) >= 11 is 5.34. The van der Waals surface area contributed by atoms with Crippen molar-refractivity contribution in [2.24, 2.45) is 0 Å². The first-order valence-electron chi connectivity index (χ1n) is 8.07. The molecule has 26 heavy (non-hydrogen) atoms. The van der Waals surface area contributed by atoms with Gasteiger partial charge in [0, 0.05) is 11.9 Å². The van der Waals surface area contributed by atoms with Crippen molar-refractivity contribution in [1.82, 2.24) is 4.98 Å². The van der Waals surface area contributed by atoms with Gasteiger partial charge >= 0.3 is 0 Å². The molecule has 2 aromatic carbocycles. The Bertz CT molecular complexity index is 900. The lowest BCUT2D eigenvalue weighted by Gasteiger charge is -2.14. The van der Waals surface area contributed by atoms with Crippen LogP contribution in [0.2, 0.25) is 0 Å². The predicted molar refractivity (Wildman–Crippen MR) is 106 cm³/mol. The number of ether oxygens (including phenoxy) is 1. The third kappa shape index (κ3) is 5.00. The molecule has 3 aromatic rings. The van der Waals surface area contributed by atoms with Crippen LogP contribution in [0.1, 0.15) is 11.1 Å². The van der Waals surface area contributed by atoms with E-state index in [9.17, 15) is 4.39 Å². The number of nitrogens with one attached hydrogen (secondary N) is 2. The molecule has 0 saturated heterocycles. The van der Waals surface area contributed by atoms with Gasteiger partial charge in [-0.25, -0.2) is 9.37 Å². The number of rotatable bonds is 5. The smallest absolute Gasteiger partial charge is 0.176 e. The van der Waals surface area contributed by atoms with E-state index in [0.29, 0.717) is 16.7 Å². The number of hydrogen-bond acceptors (Lipinski definition) is 3. The van der Waals surface area contributed by atoms with Crippen LogP contribution in [0.4, 0.5) is 15.9 Å². The Kier molecular flexibility index (Phi) is 5.76. The highest BCUT2D eigenvalue weighted by Crippen LogP contribution is 2.22. The number of aromatic nitrogens is 1. The summed E-state index contributed by atoms with van der Waals surface area (Å²) in [6.07, 6.45) is 1.64. The molecule has 0 aliphatic carbocycles. The van der Waals surface area contributed by atoms with Gasteiger partial charge < -0.3 is 15.4 Å². The Labute approximate surface area is 157 Å². The van der Waals surface area contributed by atoms with E-state index >= 15 is 0 Å². The summed E-state index contributed by atoms with van der Waals surface area (Å²) in [6.45, 7) is 2.26. The minimum atomic E-state index is -0.292. The lowest BCUT2D eigenvalue weighted by Crippen LogP contribution is -2.20. The van der Waals surface area contributed by atoms with Crippen molar-refractivity contribution in [3.8, 4) is 5.75 Å². The van der Waals surface area contributed by atoms with E-state index in [0.717, 1.165) is 11.3 Å². The Balaban J connectivity index is 1.64. The maximum absolute atomic E-state index is 13.3.